The maximum atomic E-state index is 11.6. The number of carbonyl (C=O) groups is 1. The highest BCUT2D eigenvalue weighted by Gasteiger charge is 2.18. The number of benzene rings is 1. The van der Waals surface area contributed by atoms with E-state index in [0.717, 1.165) is 67.4 Å². The molecular formula is C24H41O5P. The van der Waals surface area contributed by atoms with E-state index in [2.05, 4.69) is 39.8 Å². The first-order valence-corrected chi connectivity index (χ1v) is 12.3. The summed E-state index contributed by atoms with van der Waals surface area (Å²) in [5, 5.41) is 10.0. The second kappa shape index (κ2) is 15.6. The van der Waals surface area contributed by atoms with E-state index in [0.29, 0.717) is 25.2 Å². The lowest BCUT2D eigenvalue weighted by molar-refractivity contribution is -0.140. The number of aryl methyl sites for hydroxylation is 2. The average Bonchev–Trinajstić information content (AvgIpc) is 2.76. The quantitative estimate of drug-likeness (QED) is 0.138. The molecule has 0 spiro atoms. The zero-order valence-electron chi connectivity index (χ0n) is 19.5. The van der Waals surface area contributed by atoms with Crippen LogP contribution in [0.3, 0.4) is 0 Å². The predicted molar refractivity (Wildman–Crippen MR) is 124 cm³/mol. The van der Waals surface area contributed by atoms with Crippen molar-refractivity contribution in [3.05, 3.63) is 28.8 Å². The Kier molecular flexibility index (Phi) is 14.0. The molecule has 30 heavy (non-hydrogen) atoms. The number of hydrogen-bond donors (Lipinski definition) is 1. The SMILES string of the molecule is CCCCCC(O)OPOc1c(CCCC)cc(CCC(=O)OC)cc1C(C)CC. The predicted octanol–water partition coefficient (Wildman–Crippen LogP) is 6.45. The van der Waals surface area contributed by atoms with Crippen molar-refractivity contribution in [3.63, 3.8) is 0 Å². The molecule has 0 radical (unpaired) electrons. The fraction of sp³-hybridized carbons (Fsp3) is 0.708. The lowest BCUT2D eigenvalue weighted by Gasteiger charge is -2.21. The van der Waals surface area contributed by atoms with Crippen molar-refractivity contribution >= 4 is 15.0 Å². The van der Waals surface area contributed by atoms with Gasteiger partial charge in [0.15, 0.2) is 6.29 Å². The highest BCUT2D eigenvalue weighted by molar-refractivity contribution is 7.26. The normalized spacial score (nSPS) is 13.5. The number of aliphatic hydroxyl groups is 1. The van der Waals surface area contributed by atoms with Crippen LogP contribution in [-0.4, -0.2) is 24.5 Å². The van der Waals surface area contributed by atoms with Crippen LogP contribution in [0.1, 0.15) is 102 Å². The highest BCUT2D eigenvalue weighted by Crippen LogP contribution is 2.38. The van der Waals surface area contributed by atoms with Gasteiger partial charge in [-0.1, -0.05) is 59.1 Å². The Morgan fingerprint density at radius 2 is 1.83 bits per heavy atom. The second-order valence-electron chi connectivity index (χ2n) is 7.92. The van der Waals surface area contributed by atoms with Crippen LogP contribution in [0.2, 0.25) is 0 Å². The van der Waals surface area contributed by atoms with Gasteiger partial charge in [0, 0.05) is 6.42 Å². The third kappa shape index (κ3) is 9.76. The zero-order chi connectivity index (χ0) is 22.4. The summed E-state index contributed by atoms with van der Waals surface area (Å²) in [6.45, 7) is 8.67. The monoisotopic (exact) mass is 440 g/mol. The molecule has 0 saturated heterocycles. The number of carbonyl (C=O) groups excluding carboxylic acids is 1. The number of rotatable bonds is 16. The lowest BCUT2D eigenvalue weighted by atomic mass is 9.90. The standard InChI is InChI=1S/C24H41O5P/c1-6-9-11-13-23(26)28-30-29-24-20(12-10-7-2)16-19(14-15-22(25)27-5)17-21(24)18(4)8-3/h16-18,23,26,30H,6-15H2,1-5H3. The minimum absolute atomic E-state index is 0.192. The molecule has 172 valence electrons. The summed E-state index contributed by atoms with van der Waals surface area (Å²) in [5.74, 6) is 1.03. The van der Waals surface area contributed by atoms with Gasteiger partial charge >= 0.3 is 5.97 Å². The summed E-state index contributed by atoms with van der Waals surface area (Å²) in [6, 6.07) is 4.31. The molecule has 3 unspecified atom stereocenters. The number of unbranched alkanes of at least 4 members (excludes halogenated alkanes) is 3. The fourth-order valence-electron chi connectivity index (χ4n) is 3.29. The van der Waals surface area contributed by atoms with Crippen molar-refractivity contribution in [3.8, 4) is 5.75 Å². The van der Waals surface area contributed by atoms with Gasteiger partial charge in [-0.3, -0.25) is 9.32 Å². The fourth-order valence-corrected chi connectivity index (χ4v) is 3.90. The summed E-state index contributed by atoms with van der Waals surface area (Å²) in [4.78, 5) is 11.6. The summed E-state index contributed by atoms with van der Waals surface area (Å²) in [7, 11) is 1.19. The summed E-state index contributed by atoms with van der Waals surface area (Å²) in [6.07, 6.45) is 8.14. The number of aliphatic hydroxyl groups excluding tert-OH is 1. The number of ether oxygens (including phenoxy) is 1. The van der Waals surface area contributed by atoms with Crippen molar-refractivity contribution in [2.75, 3.05) is 7.11 Å². The Balaban J connectivity index is 2.99. The first-order valence-electron chi connectivity index (χ1n) is 11.4. The molecule has 0 aliphatic rings. The van der Waals surface area contributed by atoms with Crippen LogP contribution in [0.25, 0.3) is 0 Å². The van der Waals surface area contributed by atoms with Gasteiger partial charge in [-0.2, -0.15) is 0 Å². The molecule has 0 amide bonds. The smallest absolute Gasteiger partial charge is 0.305 e. The molecule has 3 atom stereocenters. The molecule has 0 aliphatic heterocycles. The van der Waals surface area contributed by atoms with Crippen molar-refractivity contribution in [1.82, 2.24) is 0 Å². The van der Waals surface area contributed by atoms with E-state index in [1.165, 1.54) is 7.11 Å². The van der Waals surface area contributed by atoms with Crippen LogP contribution < -0.4 is 4.52 Å². The number of hydrogen-bond acceptors (Lipinski definition) is 5. The van der Waals surface area contributed by atoms with E-state index in [-0.39, 0.29) is 15.0 Å². The van der Waals surface area contributed by atoms with Crippen molar-refractivity contribution < 1.29 is 23.7 Å². The molecular weight excluding hydrogens is 399 g/mol. The molecule has 1 N–H and O–H groups in total. The third-order valence-corrected chi connectivity index (χ3v) is 6.08. The largest absolute Gasteiger partial charge is 0.469 e. The van der Waals surface area contributed by atoms with E-state index in [1.807, 2.05) is 0 Å². The van der Waals surface area contributed by atoms with Crippen molar-refractivity contribution in [2.45, 2.75) is 104 Å². The minimum Gasteiger partial charge on any atom is -0.469 e. The highest BCUT2D eigenvalue weighted by atomic mass is 31.1. The Labute approximate surface area is 184 Å². The first-order chi connectivity index (χ1) is 14.5. The van der Waals surface area contributed by atoms with Crippen molar-refractivity contribution in [1.29, 1.82) is 0 Å². The Morgan fingerprint density at radius 1 is 1.10 bits per heavy atom. The maximum Gasteiger partial charge on any atom is 0.305 e. The van der Waals surface area contributed by atoms with Crippen LogP contribution in [0, 0.1) is 0 Å². The van der Waals surface area contributed by atoms with Crippen molar-refractivity contribution in [2.24, 2.45) is 0 Å². The molecule has 0 heterocycles. The zero-order valence-corrected chi connectivity index (χ0v) is 20.5. The van der Waals surface area contributed by atoms with E-state index >= 15 is 0 Å². The molecule has 1 aromatic rings. The topological polar surface area (TPSA) is 65.0 Å². The van der Waals surface area contributed by atoms with Gasteiger partial charge in [0.1, 0.15) is 5.75 Å². The van der Waals surface area contributed by atoms with Gasteiger partial charge in [-0.05, 0) is 61.1 Å². The van der Waals surface area contributed by atoms with Gasteiger partial charge in [0.2, 0.25) is 9.03 Å². The van der Waals surface area contributed by atoms with Gasteiger partial charge in [-0.25, -0.2) is 0 Å². The third-order valence-electron chi connectivity index (χ3n) is 5.43. The Hall–Kier alpha value is -1.16. The van der Waals surface area contributed by atoms with Gasteiger partial charge in [-0.15, -0.1) is 0 Å². The van der Waals surface area contributed by atoms with E-state index in [9.17, 15) is 9.90 Å². The van der Waals surface area contributed by atoms with Gasteiger partial charge in [0.25, 0.3) is 0 Å². The molecule has 0 bridgehead atoms. The molecule has 5 nitrogen and oxygen atoms in total. The molecule has 0 aromatic heterocycles. The first kappa shape index (κ1) is 26.9. The lowest BCUT2D eigenvalue weighted by Crippen LogP contribution is -2.08. The van der Waals surface area contributed by atoms with Crippen LogP contribution in [0.4, 0.5) is 0 Å². The molecule has 0 aliphatic carbocycles. The maximum absolute atomic E-state index is 11.6. The second-order valence-corrected chi connectivity index (χ2v) is 8.52. The minimum atomic E-state index is -0.777. The number of esters is 1. The van der Waals surface area contributed by atoms with E-state index < -0.39 is 6.29 Å². The molecule has 6 heteroatoms. The van der Waals surface area contributed by atoms with Gasteiger partial charge in [0.05, 0.1) is 7.11 Å². The van der Waals surface area contributed by atoms with E-state index in [4.69, 9.17) is 13.8 Å². The van der Waals surface area contributed by atoms with Crippen LogP contribution in [0.5, 0.6) is 5.75 Å². The van der Waals surface area contributed by atoms with E-state index in [1.54, 1.807) is 0 Å². The van der Waals surface area contributed by atoms with Crippen LogP contribution in [0.15, 0.2) is 12.1 Å². The number of methoxy groups -OCH3 is 1. The Morgan fingerprint density at radius 3 is 2.47 bits per heavy atom. The van der Waals surface area contributed by atoms with Gasteiger partial charge < -0.3 is 14.4 Å². The summed E-state index contributed by atoms with van der Waals surface area (Å²) < 4.78 is 16.5. The van der Waals surface area contributed by atoms with Crippen LogP contribution >= 0.6 is 9.03 Å². The molecule has 0 fully saturated rings. The molecule has 0 saturated carbocycles. The average molecular weight is 441 g/mol. The Bertz CT molecular complexity index is 620. The molecule has 1 aromatic carbocycles. The van der Waals surface area contributed by atoms with Crippen LogP contribution in [-0.2, 0) is 26.9 Å². The molecule has 1 rings (SSSR count). The summed E-state index contributed by atoms with van der Waals surface area (Å²) in [5.41, 5.74) is 3.45. The summed E-state index contributed by atoms with van der Waals surface area (Å²) >= 11 is 0.